The van der Waals surface area contributed by atoms with Gasteiger partial charge < -0.3 is 0 Å². The molecule has 20 heavy (non-hydrogen) atoms. The number of alkyl halides is 1. The van der Waals surface area contributed by atoms with Gasteiger partial charge in [-0.05, 0) is 59.8 Å². The Morgan fingerprint density at radius 1 is 1.10 bits per heavy atom. The fourth-order valence-electron chi connectivity index (χ4n) is 3.63. The Morgan fingerprint density at radius 3 is 2.30 bits per heavy atom. The molecule has 0 N–H and O–H groups in total. The summed E-state index contributed by atoms with van der Waals surface area (Å²) in [4.78, 5) is 18.5. The summed E-state index contributed by atoms with van der Waals surface area (Å²) in [5, 5.41) is 1.87. The number of nitrogens with zero attached hydrogens (tertiary/aromatic N) is 1. The van der Waals surface area contributed by atoms with Crippen molar-refractivity contribution in [3.05, 3.63) is 0 Å². The van der Waals surface area contributed by atoms with Gasteiger partial charge >= 0.3 is 0 Å². The van der Waals surface area contributed by atoms with Crippen molar-refractivity contribution >= 4 is 17.4 Å². The van der Waals surface area contributed by atoms with Crippen molar-refractivity contribution < 1.29 is 9.63 Å². The highest BCUT2D eigenvalue weighted by atomic mass is 35.5. The number of halogens is 1. The molecule has 2 atom stereocenters. The first kappa shape index (κ1) is 16.3. The SMILES string of the molecule is CC1(C)CCCC(C)(C)N1O[C@H]1C(=O)CCCC[C@@H]1Cl. The van der Waals surface area contributed by atoms with Crippen molar-refractivity contribution in [3.8, 4) is 0 Å². The molecule has 1 saturated carbocycles. The molecule has 2 fully saturated rings. The number of rotatable bonds is 2. The standard InChI is InChI=1S/C16H28ClNO2/c1-15(2)10-7-11-16(3,4)18(15)20-14-12(17)8-5-6-9-13(14)19/h12,14H,5-11H2,1-4H3/t12-,14+/m0/s1. The van der Waals surface area contributed by atoms with Crippen LogP contribution in [-0.2, 0) is 9.63 Å². The van der Waals surface area contributed by atoms with E-state index in [2.05, 4.69) is 32.8 Å². The number of hydrogen-bond acceptors (Lipinski definition) is 3. The van der Waals surface area contributed by atoms with Crippen LogP contribution in [0.5, 0.6) is 0 Å². The lowest BCUT2D eigenvalue weighted by molar-refractivity contribution is -0.298. The van der Waals surface area contributed by atoms with E-state index in [0.29, 0.717) is 6.42 Å². The van der Waals surface area contributed by atoms with E-state index in [-0.39, 0.29) is 22.2 Å². The van der Waals surface area contributed by atoms with Crippen LogP contribution in [0.1, 0.15) is 72.6 Å². The Morgan fingerprint density at radius 2 is 1.70 bits per heavy atom. The highest BCUT2D eigenvalue weighted by Gasteiger charge is 2.45. The van der Waals surface area contributed by atoms with Crippen LogP contribution in [0, 0.1) is 0 Å². The number of Topliss-reactive ketones (excluding diaryl/α,β-unsaturated/α-hetero) is 1. The van der Waals surface area contributed by atoms with Gasteiger partial charge in [0.2, 0.25) is 0 Å². The average molecular weight is 302 g/mol. The minimum atomic E-state index is -0.476. The van der Waals surface area contributed by atoms with Crippen LogP contribution in [0.3, 0.4) is 0 Å². The summed E-state index contributed by atoms with van der Waals surface area (Å²) >= 11 is 6.41. The molecule has 1 saturated heterocycles. The van der Waals surface area contributed by atoms with Crippen LogP contribution in [0.4, 0.5) is 0 Å². The molecule has 1 heterocycles. The van der Waals surface area contributed by atoms with Crippen LogP contribution in [0.15, 0.2) is 0 Å². The monoisotopic (exact) mass is 301 g/mol. The van der Waals surface area contributed by atoms with E-state index >= 15 is 0 Å². The van der Waals surface area contributed by atoms with E-state index < -0.39 is 6.10 Å². The average Bonchev–Trinajstić information content (AvgIpc) is 2.46. The first-order valence-corrected chi connectivity index (χ1v) is 8.32. The van der Waals surface area contributed by atoms with Gasteiger partial charge in [0.15, 0.2) is 11.9 Å². The summed E-state index contributed by atoms with van der Waals surface area (Å²) in [6, 6.07) is 0. The quantitative estimate of drug-likeness (QED) is 0.568. The Bertz CT molecular complexity index is 351. The lowest BCUT2D eigenvalue weighted by atomic mass is 9.82. The molecule has 0 unspecified atom stereocenters. The molecule has 4 heteroatoms. The van der Waals surface area contributed by atoms with Crippen LogP contribution >= 0.6 is 11.6 Å². The smallest absolute Gasteiger partial charge is 0.165 e. The zero-order chi connectivity index (χ0) is 15.0. The van der Waals surface area contributed by atoms with Crippen molar-refractivity contribution in [2.45, 2.75) is 95.2 Å². The predicted molar refractivity (Wildman–Crippen MR) is 81.8 cm³/mol. The van der Waals surface area contributed by atoms with Gasteiger partial charge in [-0.1, -0.05) is 6.42 Å². The zero-order valence-electron chi connectivity index (χ0n) is 13.2. The summed E-state index contributed by atoms with van der Waals surface area (Å²) in [6.45, 7) is 8.77. The molecular weight excluding hydrogens is 274 g/mol. The summed E-state index contributed by atoms with van der Waals surface area (Å²) in [7, 11) is 0. The molecule has 0 aromatic carbocycles. The molecule has 1 aliphatic carbocycles. The number of piperidine rings is 1. The van der Waals surface area contributed by atoms with Crippen molar-refractivity contribution in [1.82, 2.24) is 5.06 Å². The molecule has 0 aromatic heterocycles. The van der Waals surface area contributed by atoms with E-state index in [0.717, 1.165) is 32.1 Å². The van der Waals surface area contributed by atoms with Crippen LogP contribution in [0.25, 0.3) is 0 Å². The molecule has 0 spiro atoms. The summed E-state index contributed by atoms with van der Waals surface area (Å²) in [6.07, 6.45) is 6.32. The molecule has 0 bridgehead atoms. The third kappa shape index (κ3) is 3.37. The number of carbonyl (C=O) groups is 1. The van der Waals surface area contributed by atoms with E-state index in [1.807, 2.05) is 0 Å². The third-order valence-electron chi connectivity index (χ3n) is 4.69. The van der Waals surface area contributed by atoms with Gasteiger partial charge in [-0.15, -0.1) is 11.6 Å². The Hall–Kier alpha value is -0.120. The molecule has 2 aliphatic rings. The maximum atomic E-state index is 12.3. The molecule has 2 rings (SSSR count). The van der Waals surface area contributed by atoms with Crippen LogP contribution < -0.4 is 0 Å². The molecule has 0 aromatic rings. The Kier molecular flexibility index (Phi) is 4.83. The lowest BCUT2D eigenvalue weighted by Crippen LogP contribution is -2.60. The normalized spacial score (nSPS) is 34.8. The second-order valence-electron chi connectivity index (χ2n) is 7.53. The third-order valence-corrected chi connectivity index (χ3v) is 5.14. The van der Waals surface area contributed by atoms with Gasteiger partial charge in [-0.25, -0.2) is 0 Å². The van der Waals surface area contributed by atoms with Gasteiger partial charge in [-0.2, -0.15) is 5.06 Å². The largest absolute Gasteiger partial charge is 0.297 e. The number of hydroxylamine groups is 2. The lowest BCUT2D eigenvalue weighted by Gasteiger charge is -2.52. The first-order chi connectivity index (χ1) is 9.24. The highest BCUT2D eigenvalue weighted by molar-refractivity contribution is 6.22. The summed E-state index contributed by atoms with van der Waals surface area (Å²) in [5.74, 6) is 0.166. The Labute approximate surface area is 127 Å². The molecule has 0 radical (unpaired) electrons. The maximum absolute atomic E-state index is 12.3. The number of ketones is 1. The minimum Gasteiger partial charge on any atom is -0.297 e. The molecule has 116 valence electrons. The van der Waals surface area contributed by atoms with Crippen molar-refractivity contribution in [3.63, 3.8) is 0 Å². The van der Waals surface area contributed by atoms with Gasteiger partial charge in [0.1, 0.15) is 0 Å². The molecule has 0 amide bonds. The zero-order valence-corrected chi connectivity index (χ0v) is 14.0. The number of carbonyl (C=O) groups excluding carboxylic acids is 1. The fraction of sp³-hybridized carbons (Fsp3) is 0.938. The van der Waals surface area contributed by atoms with Gasteiger partial charge in [0.05, 0.1) is 5.38 Å². The van der Waals surface area contributed by atoms with Crippen molar-refractivity contribution in [2.75, 3.05) is 0 Å². The Balaban J connectivity index is 2.18. The first-order valence-electron chi connectivity index (χ1n) is 7.88. The second kappa shape index (κ2) is 5.94. The minimum absolute atomic E-state index is 0.0507. The van der Waals surface area contributed by atoms with Crippen LogP contribution in [-0.4, -0.2) is 33.4 Å². The predicted octanol–water partition coefficient (Wildman–Crippen LogP) is 4.08. The van der Waals surface area contributed by atoms with Crippen LogP contribution in [0.2, 0.25) is 0 Å². The summed E-state index contributed by atoms with van der Waals surface area (Å²) in [5.41, 5.74) is -0.101. The molecule has 3 nitrogen and oxygen atoms in total. The van der Waals surface area contributed by atoms with Crippen molar-refractivity contribution in [2.24, 2.45) is 0 Å². The maximum Gasteiger partial charge on any atom is 0.165 e. The molecular formula is C16H28ClNO2. The van der Waals surface area contributed by atoms with E-state index in [1.165, 1.54) is 6.42 Å². The topological polar surface area (TPSA) is 29.5 Å². The summed E-state index contributed by atoms with van der Waals surface area (Å²) < 4.78 is 0. The van der Waals surface area contributed by atoms with E-state index in [1.54, 1.807) is 0 Å². The van der Waals surface area contributed by atoms with Gasteiger partial charge in [0, 0.05) is 17.5 Å². The van der Waals surface area contributed by atoms with Crippen molar-refractivity contribution in [1.29, 1.82) is 0 Å². The van der Waals surface area contributed by atoms with E-state index in [9.17, 15) is 4.79 Å². The van der Waals surface area contributed by atoms with Gasteiger partial charge in [0.25, 0.3) is 0 Å². The second-order valence-corrected chi connectivity index (χ2v) is 8.09. The number of hydrogen-bond donors (Lipinski definition) is 0. The van der Waals surface area contributed by atoms with Gasteiger partial charge in [-0.3, -0.25) is 9.63 Å². The van der Waals surface area contributed by atoms with E-state index in [4.69, 9.17) is 16.4 Å². The molecule has 1 aliphatic heterocycles. The highest BCUT2D eigenvalue weighted by Crippen LogP contribution is 2.40. The fourth-order valence-corrected chi connectivity index (χ4v) is 3.97.